The summed E-state index contributed by atoms with van der Waals surface area (Å²) in [6.45, 7) is 5.33. The predicted molar refractivity (Wildman–Crippen MR) is 100 cm³/mol. The number of dihydropyridines is 1. The number of nitrogens with one attached hydrogen (secondary N) is 1. The molecule has 28 heavy (non-hydrogen) atoms. The number of hydrogen-bond acceptors (Lipinski definition) is 7. The third kappa shape index (κ3) is 3.04. The van der Waals surface area contributed by atoms with Gasteiger partial charge in [-0.05, 0) is 25.8 Å². The number of methoxy groups -OCH3 is 1. The molecule has 0 saturated heterocycles. The molecule has 148 valence electrons. The smallest absolute Gasteiger partial charge is 0.336 e. The molecule has 1 aromatic carbocycles. The summed E-state index contributed by atoms with van der Waals surface area (Å²) in [5.41, 5.74) is 0.911. The number of phenolic OH excluding ortho intramolecular Hbond substituents is 1. The summed E-state index contributed by atoms with van der Waals surface area (Å²) in [6.07, 6.45) is 1.22. The average Bonchev–Trinajstić information content (AvgIpc) is 2.64. The third-order valence-corrected chi connectivity index (χ3v) is 5.44. The van der Waals surface area contributed by atoms with E-state index in [1.165, 1.54) is 25.3 Å². The van der Waals surface area contributed by atoms with Crippen molar-refractivity contribution in [2.75, 3.05) is 7.11 Å². The summed E-state index contributed by atoms with van der Waals surface area (Å²) in [5.74, 6) is -2.00. The predicted octanol–water partition coefficient (Wildman–Crippen LogP) is 3.08. The molecule has 1 aliphatic carbocycles. The van der Waals surface area contributed by atoms with Crippen LogP contribution in [0.5, 0.6) is 5.75 Å². The van der Waals surface area contributed by atoms with E-state index in [1.54, 1.807) is 6.92 Å². The maximum Gasteiger partial charge on any atom is 0.336 e. The molecule has 2 N–H and O–H groups in total. The summed E-state index contributed by atoms with van der Waals surface area (Å²) in [7, 11) is 1.23. The van der Waals surface area contributed by atoms with E-state index in [2.05, 4.69) is 5.32 Å². The Morgan fingerprint density at radius 2 is 2.07 bits per heavy atom. The highest BCUT2D eigenvalue weighted by atomic mass is 16.6. The van der Waals surface area contributed by atoms with Crippen LogP contribution in [0.3, 0.4) is 0 Å². The molecule has 0 amide bonds. The minimum Gasteiger partial charge on any atom is -0.508 e. The first-order chi connectivity index (χ1) is 13.1. The van der Waals surface area contributed by atoms with Crippen molar-refractivity contribution in [2.24, 2.45) is 5.41 Å². The number of aromatic hydroxyl groups is 1. The second-order valence-corrected chi connectivity index (χ2v) is 7.69. The first-order valence-corrected chi connectivity index (χ1v) is 8.89. The molecule has 8 heteroatoms. The van der Waals surface area contributed by atoms with Gasteiger partial charge in [-0.1, -0.05) is 13.8 Å². The molecule has 1 aliphatic heterocycles. The van der Waals surface area contributed by atoms with Gasteiger partial charge in [0, 0.05) is 40.1 Å². The van der Waals surface area contributed by atoms with Crippen LogP contribution in [0.4, 0.5) is 5.69 Å². The van der Waals surface area contributed by atoms with Crippen molar-refractivity contribution in [1.29, 1.82) is 0 Å². The monoisotopic (exact) mass is 386 g/mol. The third-order valence-electron chi connectivity index (χ3n) is 5.44. The molecule has 0 bridgehead atoms. The van der Waals surface area contributed by atoms with Crippen LogP contribution in [0.2, 0.25) is 0 Å². The van der Waals surface area contributed by atoms with Crippen molar-refractivity contribution >= 4 is 17.4 Å². The van der Waals surface area contributed by atoms with Crippen molar-refractivity contribution in [3.8, 4) is 5.75 Å². The van der Waals surface area contributed by atoms with Crippen LogP contribution in [-0.4, -0.2) is 28.9 Å². The normalized spacial score (nSPS) is 21.1. The molecule has 2 aliphatic rings. The van der Waals surface area contributed by atoms with E-state index in [4.69, 9.17) is 4.74 Å². The number of allylic oxidation sites excluding steroid dienone is 3. The largest absolute Gasteiger partial charge is 0.508 e. The van der Waals surface area contributed by atoms with Crippen LogP contribution in [-0.2, 0) is 14.3 Å². The van der Waals surface area contributed by atoms with Gasteiger partial charge in [0.25, 0.3) is 5.69 Å². The number of nitrogens with zero attached hydrogens (tertiary/aromatic N) is 1. The van der Waals surface area contributed by atoms with Gasteiger partial charge in [0.05, 0.1) is 23.5 Å². The zero-order valence-electron chi connectivity index (χ0n) is 16.2. The first kappa shape index (κ1) is 19.6. The molecule has 0 aromatic heterocycles. The van der Waals surface area contributed by atoms with E-state index in [9.17, 15) is 24.8 Å². The number of phenols is 1. The Hall–Kier alpha value is -3.16. The lowest BCUT2D eigenvalue weighted by Crippen LogP contribution is -2.40. The minimum atomic E-state index is -0.948. The number of hydrogen-bond donors (Lipinski definition) is 2. The number of non-ortho nitro benzene ring substituents is 1. The van der Waals surface area contributed by atoms with E-state index in [0.717, 1.165) is 0 Å². The number of nitro groups is 1. The van der Waals surface area contributed by atoms with E-state index >= 15 is 0 Å². The van der Waals surface area contributed by atoms with E-state index in [1.807, 2.05) is 13.8 Å². The van der Waals surface area contributed by atoms with Gasteiger partial charge in [0.1, 0.15) is 5.75 Å². The standard InChI is InChI=1S/C20H22N2O6/c1-10-15(19(25)28-4)16(12-9-11(22(26)27)5-6-14(12)23)17-13(21-10)7-8-20(2,3)18(17)24/h5-6,9,16,21,23H,7-8H2,1-4H3. The molecule has 1 heterocycles. The molecule has 1 atom stereocenters. The maximum absolute atomic E-state index is 13.3. The van der Waals surface area contributed by atoms with E-state index < -0.39 is 22.2 Å². The highest BCUT2D eigenvalue weighted by Gasteiger charge is 2.45. The molecular weight excluding hydrogens is 364 g/mol. The zero-order valence-corrected chi connectivity index (χ0v) is 16.2. The van der Waals surface area contributed by atoms with E-state index in [0.29, 0.717) is 29.8 Å². The fraction of sp³-hybridized carbons (Fsp3) is 0.400. The van der Waals surface area contributed by atoms with Gasteiger partial charge in [-0.25, -0.2) is 4.79 Å². The van der Waals surface area contributed by atoms with Gasteiger partial charge in [-0.15, -0.1) is 0 Å². The lowest BCUT2D eigenvalue weighted by molar-refractivity contribution is -0.384. The number of carbonyl (C=O) groups is 2. The molecule has 0 spiro atoms. The van der Waals surface area contributed by atoms with Gasteiger partial charge in [-0.3, -0.25) is 14.9 Å². The fourth-order valence-corrected chi connectivity index (χ4v) is 3.86. The second-order valence-electron chi connectivity index (χ2n) is 7.69. The Balaban J connectivity index is 2.30. The topological polar surface area (TPSA) is 119 Å². The summed E-state index contributed by atoms with van der Waals surface area (Å²) in [4.78, 5) is 36.5. The SMILES string of the molecule is COC(=O)C1=C(C)NC2=C(C(=O)C(C)(C)CC2)C1c1cc([N+](=O)[O-])ccc1O. The molecule has 1 aromatic rings. The number of rotatable bonds is 3. The first-order valence-electron chi connectivity index (χ1n) is 8.89. The molecule has 0 radical (unpaired) electrons. The fourth-order valence-electron chi connectivity index (χ4n) is 3.86. The number of esters is 1. The Kier molecular flexibility index (Phi) is 4.74. The van der Waals surface area contributed by atoms with Crippen molar-refractivity contribution < 1.29 is 24.4 Å². The average molecular weight is 386 g/mol. The maximum atomic E-state index is 13.3. The summed E-state index contributed by atoms with van der Waals surface area (Å²) in [5, 5.41) is 24.9. The Bertz CT molecular complexity index is 957. The minimum absolute atomic E-state index is 0.133. The summed E-state index contributed by atoms with van der Waals surface area (Å²) in [6, 6.07) is 3.59. The molecular formula is C20H22N2O6. The molecule has 8 nitrogen and oxygen atoms in total. The van der Waals surface area contributed by atoms with E-state index in [-0.39, 0.29) is 28.4 Å². The van der Waals surface area contributed by atoms with Crippen LogP contribution in [0, 0.1) is 15.5 Å². The Morgan fingerprint density at radius 3 is 2.68 bits per heavy atom. The number of Topliss-reactive ketones (excluding diaryl/α,β-unsaturated/α-hetero) is 1. The number of ketones is 1. The molecule has 3 rings (SSSR count). The highest BCUT2D eigenvalue weighted by molar-refractivity contribution is 6.06. The van der Waals surface area contributed by atoms with Gasteiger partial charge >= 0.3 is 5.97 Å². The molecule has 1 unspecified atom stereocenters. The van der Waals surface area contributed by atoms with Crippen molar-refractivity contribution in [3.05, 3.63) is 56.4 Å². The van der Waals surface area contributed by atoms with Gasteiger partial charge in [0.2, 0.25) is 0 Å². The van der Waals surface area contributed by atoms with Gasteiger partial charge in [-0.2, -0.15) is 0 Å². The quantitative estimate of drug-likeness (QED) is 0.465. The van der Waals surface area contributed by atoms with Gasteiger partial charge in [0.15, 0.2) is 5.78 Å². The number of nitro benzene ring substituents is 1. The van der Waals surface area contributed by atoms with Crippen molar-refractivity contribution in [1.82, 2.24) is 5.32 Å². The Morgan fingerprint density at radius 1 is 1.39 bits per heavy atom. The second kappa shape index (κ2) is 6.78. The van der Waals surface area contributed by atoms with Crippen LogP contribution in [0.15, 0.2) is 40.7 Å². The lowest BCUT2D eigenvalue weighted by atomic mass is 9.67. The molecule has 0 fully saturated rings. The van der Waals surface area contributed by atoms with Crippen LogP contribution < -0.4 is 5.32 Å². The summed E-state index contributed by atoms with van der Waals surface area (Å²) >= 11 is 0. The van der Waals surface area contributed by atoms with Crippen LogP contribution >= 0.6 is 0 Å². The lowest BCUT2D eigenvalue weighted by Gasteiger charge is -2.39. The zero-order chi connectivity index (χ0) is 20.8. The van der Waals surface area contributed by atoms with Gasteiger partial charge < -0.3 is 15.2 Å². The summed E-state index contributed by atoms with van der Waals surface area (Å²) < 4.78 is 4.91. The highest BCUT2D eigenvalue weighted by Crippen LogP contribution is 2.49. The van der Waals surface area contributed by atoms with Crippen LogP contribution in [0.1, 0.15) is 45.1 Å². The number of ether oxygens (including phenoxy) is 1. The molecule has 0 saturated carbocycles. The van der Waals surface area contributed by atoms with Crippen molar-refractivity contribution in [2.45, 2.75) is 39.5 Å². The number of benzene rings is 1. The Labute approximate surface area is 162 Å². The van der Waals surface area contributed by atoms with Crippen LogP contribution in [0.25, 0.3) is 0 Å². The number of carbonyl (C=O) groups excluding carboxylic acids is 2. The van der Waals surface area contributed by atoms with Crippen molar-refractivity contribution in [3.63, 3.8) is 0 Å².